The molecule has 0 saturated heterocycles. The molecule has 0 saturated carbocycles. The van der Waals surface area contributed by atoms with Crippen molar-refractivity contribution in [2.45, 2.75) is 12.8 Å². The highest BCUT2D eigenvalue weighted by Crippen LogP contribution is 2.35. The van der Waals surface area contributed by atoms with Crippen LogP contribution in [0.3, 0.4) is 0 Å². The van der Waals surface area contributed by atoms with Crippen molar-refractivity contribution in [3.8, 4) is 11.3 Å². The summed E-state index contributed by atoms with van der Waals surface area (Å²) < 4.78 is 14.9. The van der Waals surface area contributed by atoms with Gasteiger partial charge in [-0.3, -0.25) is 4.68 Å². The number of fused-ring (bicyclic) bond motifs is 3. The van der Waals surface area contributed by atoms with Crippen molar-refractivity contribution in [3.05, 3.63) is 40.8 Å². The van der Waals surface area contributed by atoms with Crippen LogP contribution in [0.1, 0.15) is 21.6 Å². The molecular formula is C13H11FN2O2. The van der Waals surface area contributed by atoms with Crippen molar-refractivity contribution in [2.24, 2.45) is 7.05 Å². The van der Waals surface area contributed by atoms with Crippen LogP contribution in [0.15, 0.2) is 18.2 Å². The molecule has 1 aliphatic rings. The molecule has 18 heavy (non-hydrogen) atoms. The minimum absolute atomic E-state index is 0.0717. The molecule has 0 atom stereocenters. The van der Waals surface area contributed by atoms with Crippen molar-refractivity contribution in [2.75, 3.05) is 0 Å². The second-order valence-corrected chi connectivity index (χ2v) is 4.41. The second-order valence-electron chi connectivity index (χ2n) is 4.41. The van der Waals surface area contributed by atoms with Crippen LogP contribution in [0.2, 0.25) is 0 Å². The van der Waals surface area contributed by atoms with E-state index in [9.17, 15) is 9.18 Å². The summed E-state index contributed by atoms with van der Waals surface area (Å²) in [6.45, 7) is 0. The Labute approximate surface area is 103 Å². The highest BCUT2D eigenvalue weighted by atomic mass is 19.1. The van der Waals surface area contributed by atoms with Crippen LogP contribution in [-0.2, 0) is 19.9 Å². The molecule has 0 amide bonds. The molecule has 0 fully saturated rings. The van der Waals surface area contributed by atoms with Gasteiger partial charge >= 0.3 is 5.97 Å². The minimum atomic E-state index is -1.04. The van der Waals surface area contributed by atoms with Crippen molar-refractivity contribution < 1.29 is 14.3 Å². The monoisotopic (exact) mass is 246 g/mol. The lowest BCUT2D eigenvalue weighted by Crippen LogP contribution is -2.08. The number of aryl methyl sites for hydroxylation is 2. The number of hydrogen-bond acceptors (Lipinski definition) is 2. The van der Waals surface area contributed by atoms with Gasteiger partial charge in [-0.05, 0) is 30.5 Å². The van der Waals surface area contributed by atoms with Gasteiger partial charge in [-0.2, -0.15) is 5.10 Å². The van der Waals surface area contributed by atoms with Gasteiger partial charge in [0.05, 0.1) is 5.69 Å². The average molecular weight is 246 g/mol. The fraction of sp³-hybridized carbons (Fsp3) is 0.231. The van der Waals surface area contributed by atoms with Crippen LogP contribution >= 0.6 is 0 Å². The number of halogens is 1. The van der Waals surface area contributed by atoms with Gasteiger partial charge in [0, 0.05) is 18.2 Å². The number of carboxylic acids is 1. The van der Waals surface area contributed by atoms with Gasteiger partial charge in [-0.1, -0.05) is 6.07 Å². The molecule has 0 unspecified atom stereocenters. The standard InChI is InChI=1S/C13H11FN2O2/c1-16-12-9(11(15-16)13(17)18)5-3-7-2-4-8(14)6-10(7)12/h2,4,6H,3,5H2,1H3,(H,17,18). The summed E-state index contributed by atoms with van der Waals surface area (Å²) in [4.78, 5) is 11.1. The second kappa shape index (κ2) is 3.66. The zero-order chi connectivity index (χ0) is 12.9. The largest absolute Gasteiger partial charge is 0.476 e. The van der Waals surface area contributed by atoms with E-state index < -0.39 is 5.97 Å². The van der Waals surface area contributed by atoms with E-state index in [1.807, 2.05) is 0 Å². The quantitative estimate of drug-likeness (QED) is 0.837. The van der Waals surface area contributed by atoms with E-state index in [1.165, 1.54) is 16.8 Å². The molecule has 1 heterocycles. The zero-order valence-electron chi connectivity index (χ0n) is 9.77. The Kier molecular flexibility index (Phi) is 2.23. The Balaban J connectivity index is 2.30. The van der Waals surface area contributed by atoms with Crippen LogP contribution in [-0.4, -0.2) is 20.9 Å². The predicted octanol–water partition coefficient (Wildman–Crippen LogP) is 2.02. The highest BCUT2D eigenvalue weighted by Gasteiger charge is 2.27. The third kappa shape index (κ3) is 1.44. The fourth-order valence-corrected chi connectivity index (χ4v) is 2.56. The summed E-state index contributed by atoms with van der Waals surface area (Å²) in [5.41, 5.74) is 3.27. The van der Waals surface area contributed by atoms with Crippen LogP contribution < -0.4 is 0 Å². The number of nitrogens with zero attached hydrogens (tertiary/aromatic N) is 2. The normalized spacial score (nSPS) is 13.0. The first-order chi connectivity index (χ1) is 8.58. The van der Waals surface area contributed by atoms with Crippen LogP contribution in [0.5, 0.6) is 0 Å². The first-order valence-corrected chi connectivity index (χ1v) is 5.66. The number of aromatic carboxylic acids is 1. The third-order valence-electron chi connectivity index (χ3n) is 3.32. The van der Waals surface area contributed by atoms with Gasteiger partial charge < -0.3 is 5.11 Å². The summed E-state index contributed by atoms with van der Waals surface area (Å²) >= 11 is 0. The average Bonchev–Trinajstić information content (AvgIpc) is 2.67. The molecular weight excluding hydrogens is 235 g/mol. The number of rotatable bonds is 1. The summed E-state index contributed by atoms with van der Waals surface area (Å²) in [6, 6.07) is 4.62. The Morgan fingerprint density at radius 2 is 2.22 bits per heavy atom. The number of carboxylic acid groups (broad SMARTS) is 1. The first-order valence-electron chi connectivity index (χ1n) is 5.66. The van der Waals surface area contributed by atoms with Gasteiger partial charge in [0.15, 0.2) is 5.69 Å². The summed E-state index contributed by atoms with van der Waals surface area (Å²) in [5.74, 6) is -1.36. The molecule has 4 nitrogen and oxygen atoms in total. The lowest BCUT2D eigenvalue weighted by molar-refractivity contribution is 0.0688. The smallest absolute Gasteiger partial charge is 0.356 e. The van der Waals surface area contributed by atoms with E-state index >= 15 is 0 Å². The molecule has 1 aromatic carbocycles. The number of aromatic nitrogens is 2. The van der Waals surface area contributed by atoms with E-state index in [2.05, 4.69) is 5.10 Å². The molecule has 0 bridgehead atoms. The van der Waals surface area contributed by atoms with Gasteiger partial charge in [0.2, 0.25) is 0 Å². The highest BCUT2D eigenvalue weighted by molar-refractivity contribution is 5.90. The van der Waals surface area contributed by atoms with E-state index in [0.717, 1.165) is 11.1 Å². The maximum atomic E-state index is 13.3. The Morgan fingerprint density at radius 1 is 1.44 bits per heavy atom. The topological polar surface area (TPSA) is 55.1 Å². The van der Waals surface area contributed by atoms with Gasteiger partial charge in [0.1, 0.15) is 5.82 Å². The molecule has 1 aliphatic carbocycles. The lowest BCUT2D eigenvalue weighted by atomic mass is 9.89. The third-order valence-corrected chi connectivity index (χ3v) is 3.32. The van der Waals surface area contributed by atoms with Gasteiger partial charge in [0.25, 0.3) is 0 Å². The molecule has 1 N–H and O–H groups in total. The number of benzene rings is 1. The molecule has 0 radical (unpaired) electrons. The van der Waals surface area contributed by atoms with Crippen LogP contribution in [0, 0.1) is 5.82 Å². The first kappa shape index (κ1) is 11.0. The van der Waals surface area contributed by atoms with Gasteiger partial charge in [-0.25, -0.2) is 9.18 Å². The molecule has 92 valence electrons. The predicted molar refractivity (Wildman–Crippen MR) is 63.0 cm³/mol. The van der Waals surface area contributed by atoms with Gasteiger partial charge in [-0.15, -0.1) is 0 Å². The minimum Gasteiger partial charge on any atom is -0.476 e. The van der Waals surface area contributed by atoms with Crippen molar-refractivity contribution in [1.82, 2.24) is 9.78 Å². The lowest BCUT2D eigenvalue weighted by Gasteiger charge is -2.17. The summed E-state index contributed by atoms with van der Waals surface area (Å²) in [7, 11) is 1.69. The number of hydrogen-bond donors (Lipinski definition) is 1. The zero-order valence-corrected chi connectivity index (χ0v) is 9.77. The SMILES string of the molecule is Cn1nc(C(=O)O)c2c1-c1cc(F)ccc1CC2. The fourth-order valence-electron chi connectivity index (χ4n) is 2.56. The Morgan fingerprint density at radius 3 is 2.94 bits per heavy atom. The maximum absolute atomic E-state index is 13.3. The molecule has 0 spiro atoms. The van der Waals surface area contributed by atoms with Crippen molar-refractivity contribution >= 4 is 5.97 Å². The molecule has 0 aliphatic heterocycles. The van der Waals surface area contributed by atoms with E-state index in [-0.39, 0.29) is 11.5 Å². The molecule has 1 aromatic heterocycles. The molecule has 3 rings (SSSR count). The number of carbonyl (C=O) groups is 1. The van der Waals surface area contributed by atoms with Crippen LogP contribution in [0.4, 0.5) is 4.39 Å². The Hall–Kier alpha value is -2.17. The van der Waals surface area contributed by atoms with E-state index in [0.29, 0.717) is 24.1 Å². The summed E-state index contributed by atoms with van der Waals surface area (Å²) in [5, 5.41) is 13.1. The Bertz CT molecular complexity index is 661. The summed E-state index contributed by atoms with van der Waals surface area (Å²) in [6.07, 6.45) is 1.35. The molecule has 2 aromatic rings. The molecule has 5 heteroatoms. The van der Waals surface area contributed by atoms with Crippen LogP contribution in [0.25, 0.3) is 11.3 Å². The van der Waals surface area contributed by atoms with Crippen molar-refractivity contribution in [3.63, 3.8) is 0 Å². The van der Waals surface area contributed by atoms with E-state index in [4.69, 9.17) is 5.11 Å². The van der Waals surface area contributed by atoms with Crippen molar-refractivity contribution in [1.29, 1.82) is 0 Å². The maximum Gasteiger partial charge on any atom is 0.356 e. The van der Waals surface area contributed by atoms with E-state index in [1.54, 1.807) is 13.1 Å².